The topological polar surface area (TPSA) is 38.3 Å². The number of hydrogen-bond acceptors (Lipinski definition) is 3. The standard InChI is InChI=1S/C27H23NO2S/c29-27(25-13-7-8-14-26(25)30-19-21-9-3-1-4-10-21)28-23-17-15-22(16-18-23)20-31-24-11-5-2-6-12-24/h1-18H,19-20H2,(H,28,29). The Bertz CT molecular complexity index is 1110. The quantitative estimate of drug-likeness (QED) is 0.315. The summed E-state index contributed by atoms with van der Waals surface area (Å²) in [5, 5.41) is 2.97. The van der Waals surface area contributed by atoms with Gasteiger partial charge in [0.1, 0.15) is 12.4 Å². The van der Waals surface area contributed by atoms with Crippen molar-refractivity contribution in [2.24, 2.45) is 0 Å². The molecule has 1 N–H and O–H groups in total. The number of amides is 1. The number of hydrogen-bond donors (Lipinski definition) is 1. The number of ether oxygens (including phenoxy) is 1. The van der Waals surface area contributed by atoms with Crippen LogP contribution < -0.4 is 10.1 Å². The van der Waals surface area contributed by atoms with Crippen LogP contribution >= 0.6 is 11.8 Å². The van der Waals surface area contributed by atoms with Gasteiger partial charge in [0, 0.05) is 16.3 Å². The van der Waals surface area contributed by atoms with Gasteiger partial charge >= 0.3 is 0 Å². The van der Waals surface area contributed by atoms with Gasteiger partial charge in [0.2, 0.25) is 0 Å². The minimum absolute atomic E-state index is 0.185. The lowest BCUT2D eigenvalue weighted by atomic mass is 10.1. The molecule has 4 heteroatoms. The summed E-state index contributed by atoms with van der Waals surface area (Å²) in [6.45, 7) is 0.416. The zero-order valence-corrected chi connectivity index (χ0v) is 17.8. The van der Waals surface area contributed by atoms with E-state index in [1.807, 2.05) is 91.0 Å². The number of para-hydroxylation sites is 1. The fourth-order valence-electron chi connectivity index (χ4n) is 3.08. The summed E-state index contributed by atoms with van der Waals surface area (Å²) in [5.41, 5.74) is 3.54. The van der Waals surface area contributed by atoms with Gasteiger partial charge in [0.15, 0.2) is 0 Å². The van der Waals surface area contributed by atoms with Gasteiger partial charge in [0.25, 0.3) is 5.91 Å². The first-order valence-electron chi connectivity index (χ1n) is 10.1. The van der Waals surface area contributed by atoms with E-state index in [4.69, 9.17) is 4.74 Å². The second-order valence-electron chi connectivity index (χ2n) is 7.02. The van der Waals surface area contributed by atoms with Crippen LogP contribution in [0.4, 0.5) is 5.69 Å². The second-order valence-corrected chi connectivity index (χ2v) is 8.07. The minimum atomic E-state index is -0.185. The molecule has 31 heavy (non-hydrogen) atoms. The molecule has 4 aromatic carbocycles. The maximum absolute atomic E-state index is 12.8. The summed E-state index contributed by atoms with van der Waals surface area (Å²) < 4.78 is 5.91. The summed E-state index contributed by atoms with van der Waals surface area (Å²) in [6.07, 6.45) is 0. The molecule has 0 atom stereocenters. The lowest BCUT2D eigenvalue weighted by molar-refractivity contribution is 0.102. The Morgan fingerprint density at radius 2 is 1.35 bits per heavy atom. The van der Waals surface area contributed by atoms with Crippen molar-refractivity contribution in [3.8, 4) is 5.75 Å². The van der Waals surface area contributed by atoms with Crippen LogP contribution in [0.5, 0.6) is 5.75 Å². The third kappa shape index (κ3) is 6.00. The maximum atomic E-state index is 12.8. The molecule has 3 nitrogen and oxygen atoms in total. The molecule has 0 radical (unpaired) electrons. The summed E-state index contributed by atoms with van der Waals surface area (Å²) >= 11 is 1.79. The van der Waals surface area contributed by atoms with Gasteiger partial charge in [-0.3, -0.25) is 4.79 Å². The van der Waals surface area contributed by atoms with E-state index >= 15 is 0 Å². The van der Waals surface area contributed by atoms with Crippen LogP contribution in [0.25, 0.3) is 0 Å². The van der Waals surface area contributed by atoms with Gasteiger partial charge in [-0.2, -0.15) is 0 Å². The summed E-state index contributed by atoms with van der Waals surface area (Å²) in [4.78, 5) is 14.1. The summed E-state index contributed by atoms with van der Waals surface area (Å²) in [6, 6.07) is 35.5. The average Bonchev–Trinajstić information content (AvgIpc) is 2.84. The molecule has 0 heterocycles. The number of benzene rings is 4. The van der Waals surface area contributed by atoms with Crippen molar-refractivity contribution >= 4 is 23.4 Å². The molecule has 0 saturated carbocycles. The molecule has 0 aliphatic heterocycles. The number of anilines is 1. The van der Waals surface area contributed by atoms with Gasteiger partial charge < -0.3 is 10.1 Å². The van der Waals surface area contributed by atoms with Gasteiger partial charge in [0.05, 0.1) is 5.56 Å². The van der Waals surface area contributed by atoms with Gasteiger partial charge in [-0.1, -0.05) is 72.8 Å². The van der Waals surface area contributed by atoms with Crippen LogP contribution in [-0.4, -0.2) is 5.91 Å². The van der Waals surface area contributed by atoms with Crippen LogP contribution in [0.2, 0.25) is 0 Å². The Kier molecular flexibility index (Phi) is 7.04. The first-order valence-corrected chi connectivity index (χ1v) is 11.1. The van der Waals surface area contributed by atoms with E-state index in [1.165, 1.54) is 10.5 Å². The highest BCUT2D eigenvalue weighted by atomic mass is 32.2. The molecule has 154 valence electrons. The molecule has 0 aromatic heterocycles. The molecule has 4 aromatic rings. The lowest BCUT2D eigenvalue weighted by Gasteiger charge is -2.12. The van der Waals surface area contributed by atoms with Crippen LogP contribution in [-0.2, 0) is 12.4 Å². The molecular formula is C27H23NO2S. The zero-order valence-electron chi connectivity index (χ0n) is 17.0. The number of carbonyl (C=O) groups excluding carboxylic acids is 1. The Morgan fingerprint density at radius 1 is 0.710 bits per heavy atom. The Balaban J connectivity index is 1.37. The van der Waals surface area contributed by atoms with Crippen molar-refractivity contribution in [3.05, 3.63) is 126 Å². The molecule has 0 aliphatic carbocycles. The van der Waals surface area contributed by atoms with Crippen LogP contribution in [0.1, 0.15) is 21.5 Å². The first-order chi connectivity index (χ1) is 15.3. The third-order valence-corrected chi connectivity index (χ3v) is 5.81. The molecule has 0 unspecified atom stereocenters. The van der Waals surface area contributed by atoms with Gasteiger partial charge in [-0.25, -0.2) is 0 Å². The maximum Gasteiger partial charge on any atom is 0.259 e. The fraction of sp³-hybridized carbons (Fsp3) is 0.0741. The van der Waals surface area contributed by atoms with Crippen LogP contribution in [0.15, 0.2) is 114 Å². The number of rotatable bonds is 8. The second kappa shape index (κ2) is 10.5. The van der Waals surface area contributed by atoms with Crippen LogP contribution in [0, 0.1) is 0 Å². The molecule has 0 aliphatic rings. The average molecular weight is 426 g/mol. The predicted molar refractivity (Wildman–Crippen MR) is 128 cm³/mol. The van der Waals surface area contributed by atoms with E-state index in [1.54, 1.807) is 17.8 Å². The van der Waals surface area contributed by atoms with E-state index < -0.39 is 0 Å². The monoisotopic (exact) mass is 425 g/mol. The molecular weight excluding hydrogens is 402 g/mol. The normalized spacial score (nSPS) is 10.5. The van der Waals surface area contributed by atoms with E-state index in [-0.39, 0.29) is 5.91 Å². The molecule has 1 amide bonds. The van der Waals surface area contributed by atoms with Crippen molar-refractivity contribution in [3.63, 3.8) is 0 Å². The first kappa shape index (κ1) is 20.8. The largest absolute Gasteiger partial charge is 0.488 e. The van der Waals surface area contributed by atoms with Gasteiger partial charge in [-0.15, -0.1) is 11.8 Å². The highest BCUT2D eigenvalue weighted by Gasteiger charge is 2.12. The number of nitrogens with one attached hydrogen (secondary N) is 1. The highest BCUT2D eigenvalue weighted by Crippen LogP contribution is 2.24. The van der Waals surface area contributed by atoms with E-state index in [0.717, 1.165) is 17.0 Å². The minimum Gasteiger partial charge on any atom is -0.488 e. The highest BCUT2D eigenvalue weighted by molar-refractivity contribution is 7.98. The third-order valence-electron chi connectivity index (χ3n) is 4.73. The van der Waals surface area contributed by atoms with Gasteiger partial charge in [-0.05, 0) is 47.5 Å². The zero-order chi connectivity index (χ0) is 21.3. The van der Waals surface area contributed by atoms with E-state index in [2.05, 4.69) is 17.4 Å². The molecule has 0 fully saturated rings. The Morgan fingerprint density at radius 3 is 2.10 bits per heavy atom. The summed E-state index contributed by atoms with van der Waals surface area (Å²) in [7, 11) is 0. The Labute approximate surface area is 187 Å². The van der Waals surface area contributed by atoms with Crippen molar-refractivity contribution in [1.29, 1.82) is 0 Å². The fourth-order valence-corrected chi connectivity index (χ4v) is 3.96. The SMILES string of the molecule is O=C(Nc1ccc(CSc2ccccc2)cc1)c1ccccc1OCc1ccccc1. The number of carbonyl (C=O) groups is 1. The molecule has 0 saturated heterocycles. The lowest BCUT2D eigenvalue weighted by Crippen LogP contribution is -2.13. The molecule has 0 spiro atoms. The van der Waals surface area contributed by atoms with Crippen molar-refractivity contribution in [1.82, 2.24) is 0 Å². The summed E-state index contributed by atoms with van der Waals surface area (Å²) in [5.74, 6) is 1.27. The van der Waals surface area contributed by atoms with Crippen molar-refractivity contribution in [2.75, 3.05) is 5.32 Å². The Hall–Kier alpha value is -3.50. The molecule has 4 rings (SSSR count). The van der Waals surface area contributed by atoms with E-state index in [9.17, 15) is 4.79 Å². The van der Waals surface area contributed by atoms with Crippen LogP contribution in [0.3, 0.4) is 0 Å². The van der Waals surface area contributed by atoms with E-state index in [0.29, 0.717) is 17.9 Å². The predicted octanol–water partition coefficient (Wildman–Crippen LogP) is 6.81. The van der Waals surface area contributed by atoms with Crippen molar-refractivity contribution in [2.45, 2.75) is 17.3 Å². The number of thioether (sulfide) groups is 1. The molecule has 0 bridgehead atoms. The van der Waals surface area contributed by atoms with Crippen molar-refractivity contribution < 1.29 is 9.53 Å². The smallest absolute Gasteiger partial charge is 0.259 e.